The summed E-state index contributed by atoms with van der Waals surface area (Å²) in [5.74, 6) is -0.628. The van der Waals surface area contributed by atoms with Crippen molar-refractivity contribution in [3.05, 3.63) is 24.3 Å². The van der Waals surface area contributed by atoms with Crippen LogP contribution in [0, 0.1) is 0 Å². The zero-order chi connectivity index (χ0) is 10.4. The van der Waals surface area contributed by atoms with Gasteiger partial charge < -0.3 is 9.84 Å². The quantitative estimate of drug-likeness (QED) is 0.574. The zero-order valence-corrected chi connectivity index (χ0v) is 7.14. The van der Waals surface area contributed by atoms with Gasteiger partial charge in [0.25, 0.3) is 0 Å². The summed E-state index contributed by atoms with van der Waals surface area (Å²) in [6.07, 6.45) is 1.39. The highest BCUT2D eigenvalue weighted by Crippen LogP contribution is 2.17. The second-order valence-electron chi connectivity index (χ2n) is 2.38. The summed E-state index contributed by atoms with van der Waals surface area (Å²) >= 11 is 0. The summed E-state index contributed by atoms with van der Waals surface area (Å²) in [6, 6.07) is 6.11. The Labute approximate surface area is 79.7 Å². The van der Waals surface area contributed by atoms with Crippen molar-refractivity contribution in [1.29, 1.82) is 0 Å². The van der Waals surface area contributed by atoms with Gasteiger partial charge in [-0.25, -0.2) is 9.59 Å². The van der Waals surface area contributed by atoms with Gasteiger partial charge in [0.1, 0.15) is 5.75 Å². The summed E-state index contributed by atoms with van der Waals surface area (Å²) in [7, 11) is 0. The third-order valence-corrected chi connectivity index (χ3v) is 1.37. The number of carbonyl (C=O) groups is 1. The second-order valence-corrected chi connectivity index (χ2v) is 2.38. The molecule has 0 atom stereocenters. The Morgan fingerprint density at radius 2 is 2.07 bits per heavy atom. The van der Waals surface area contributed by atoms with E-state index in [1.54, 1.807) is 0 Å². The fourth-order valence-electron chi connectivity index (χ4n) is 0.815. The van der Waals surface area contributed by atoms with Crippen molar-refractivity contribution in [2.45, 2.75) is 0 Å². The zero-order valence-electron chi connectivity index (χ0n) is 7.14. The largest absolute Gasteiger partial charge is 0.482 e. The molecule has 14 heavy (non-hydrogen) atoms. The molecule has 0 unspecified atom stereocenters. The van der Waals surface area contributed by atoms with Gasteiger partial charge in [0, 0.05) is 0 Å². The Morgan fingerprint density at radius 1 is 1.43 bits per heavy atom. The van der Waals surface area contributed by atoms with Crippen LogP contribution in [0.4, 0.5) is 5.69 Å². The Bertz CT molecular complexity index is 365. The van der Waals surface area contributed by atoms with E-state index in [1.807, 2.05) is 0 Å². The minimum absolute atomic E-state index is 0.393. The molecule has 1 aromatic carbocycles. The van der Waals surface area contributed by atoms with Gasteiger partial charge >= 0.3 is 5.97 Å². The average molecular weight is 193 g/mol. The summed E-state index contributed by atoms with van der Waals surface area (Å²) in [5.41, 5.74) is 0.447. The van der Waals surface area contributed by atoms with E-state index in [1.165, 1.54) is 30.3 Å². The number of nitrogens with zero attached hydrogens (tertiary/aromatic N) is 1. The smallest absolute Gasteiger partial charge is 0.341 e. The molecule has 0 aliphatic carbocycles. The van der Waals surface area contributed by atoms with E-state index in [0.717, 1.165) is 0 Å². The molecule has 0 aromatic heterocycles. The first-order chi connectivity index (χ1) is 6.72. The van der Waals surface area contributed by atoms with Gasteiger partial charge in [-0.2, -0.15) is 4.99 Å². The number of hydrogen-bond donors (Lipinski definition) is 1. The molecule has 5 heteroatoms. The fraction of sp³-hybridized carbons (Fsp3) is 0.111. The lowest BCUT2D eigenvalue weighted by atomic mass is 10.3. The Hall–Kier alpha value is -2.13. The summed E-state index contributed by atoms with van der Waals surface area (Å²) in [6.45, 7) is -0.393. The normalized spacial score (nSPS) is 8.86. The number of aliphatic carboxylic acids is 1. The summed E-state index contributed by atoms with van der Waals surface area (Å²) in [5, 5.41) is 8.32. The lowest BCUT2D eigenvalue weighted by molar-refractivity contribution is -0.139. The number of benzene rings is 1. The number of ether oxygens (including phenoxy) is 1. The van der Waals surface area contributed by atoms with E-state index < -0.39 is 12.6 Å². The third-order valence-electron chi connectivity index (χ3n) is 1.37. The van der Waals surface area contributed by atoms with Crippen molar-refractivity contribution in [1.82, 2.24) is 0 Å². The van der Waals surface area contributed by atoms with Crippen LogP contribution in [0.25, 0.3) is 0 Å². The number of rotatable bonds is 4. The first kappa shape index (κ1) is 9.95. The van der Waals surface area contributed by atoms with Crippen molar-refractivity contribution in [3.8, 4) is 5.75 Å². The molecule has 72 valence electrons. The predicted octanol–water partition coefficient (Wildman–Crippen LogP) is 1.12. The number of isocyanates is 1. The topological polar surface area (TPSA) is 76.0 Å². The number of carboxylic acid groups (broad SMARTS) is 1. The maximum Gasteiger partial charge on any atom is 0.341 e. The summed E-state index contributed by atoms with van der Waals surface area (Å²) < 4.78 is 4.86. The summed E-state index contributed by atoms with van der Waals surface area (Å²) in [4.78, 5) is 23.4. The van der Waals surface area contributed by atoms with E-state index in [4.69, 9.17) is 9.84 Å². The molecule has 0 saturated heterocycles. The Balaban J connectivity index is 2.63. The van der Waals surface area contributed by atoms with Gasteiger partial charge in [0.2, 0.25) is 6.08 Å². The molecule has 0 fully saturated rings. The lowest BCUT2D eigenvalue weighted by Gasteiger charge is -2.01. The van der Waals surface area contributed by atoms with Crippen LogP contribution in [-0.4, -0.2) is 23.8 Å². The van der Waals surface area contributed by atoms with Gasteiger partial charge in [-0.3, -0.25) is 0 Å². The van der Waals surface area contributed by atoms with Gasteiger partial charge in [-0.15, -0.1) is 0 Å². The molecule has 0 aliphatic heterocycles. The van der Waals surface area contributed by atoms with E-state index in [0.29, 0.717) is 11.4 Å². The van der Waals surface area contributed by atoms with Gasteiger partial charge in [-0.05, 0) is 24.3 Å². The molecule has 0 radical (unpaired) electrons. The standard InChI is InChI=1S/C9H7NO4/c11-6-10-7-1-3-8(4-2-7)14-5-9(12)13/h1-4H,5H2,(H,12,13). The van der Waals surface area contributed by atoms with Crippen molar-refractivity contribution in [2.24, 2.45) is 4.99 Å². The van der Waals surface area contributed by atoms with E-state index in [2.05, 4.69) is 4.99 Å². The van der Waals surface area contributed by atoms with Crippen LogP contribution < -0.4 is 4.74 Å². The molecule has 0 aliphatic rings. The Kier molecular flexibility index (Phi) is 3.41. The highest BCUT2D eigenvalue weighted by molar-refractivity contribution is 5.68. The molecule has 1 rings (SSSR count). The molecule has 0 spiro atoms. The molecule has 1 aromatic rings. The van der Waals surface area contributed by atoms with Crippen LogP contribution in [-0.2, 0) is 9.59 Å². The second kappa shape index (κ2) is 4.79. The van der Waals surface area contributed by atoms with Crippen molar-refractivity contribution in [2.75, 3.05) is 6.61 Å². The van der Waals surface area contributed by atoms with Crippen LogP contribution in [0.3, 0.4) is 0 Å². The number of carboxylic acids is 1. The highest BCUT2D eigenvalue weighted by Gasteiger charge is 1.98. The van der Waals surface area contributed by atoms with E-state index >= 15 is 0 Å². The molecule has 0 heterocycles. The first-order valence-corrected chi connectivity index (χ1v) is 3.75. The first-order valence-electron chi connectivity index (χ1n) is 3.75. The van der Waals surface area contributed by atoms with Gasteiger partial charge in [-0.1, -0.05) is 0 Å². The monoisotopic (exact) mass is 193 g/mol. The van der Waals surface area contributed by atoms with Crippen molar-refractivity contribution in [3.63, 3.8) is 0 Å². The molecule has 0 amide bonds. The average Bonchev–Trinajstić information content (AvgIpc) is 2.17. The molecular weight excluding hydrogens is 186 g/mol. The van der Waals surface area contributed by atoms with Crippen molar-refractivity contribution >= 4 is 17.7 Å². The Morgan fingerprint density at radius 3 is 2.57 bits per heavy atom. The van der Waals surface area contributed by atoms with Gasteiger partial charge in [0.05, 0.1) is 5.69 Å². The lowest BCUT2D eigenvalue weighted by Crippen LogP contribution is -2.09. The third kappa shape index (κ3) is 3.08. The van der Waals surface area contributed by atoms with Crippen LogP contribution in [0.2, 0.25) is 0 Å². The molecular formula is C9H7NO4. The van der Waals surface area contributed by atoms with Crippen LogP contribution in [0.15, 0.2) is 29.3 Å². The van der Waals surface area contributed by atoms with Crippen LogP contribution in [0.1, 0.15) is 0 Å². The molecule has 0 saturated carbocycles. The van der Waals surface area contributed by atoms with Crippen LogP contribution in [0.5, 0.6) is 5.75 Å². The number of hydrogen-bond acceptors (Lipinski definition) is 4. The number of aliphatic imine (C=N–C) groups is 1. The maximum atomic E-state index is 10.1. The molecule has 5 nitrogen and oxygen atoms in total. The fourth-order valence-corrected chi connectivity index (χ4v) is 0.815. The molecule has 1 N–H and O–H groups in total. The van der Waals surface area contributed by atoms with Gasteiger partial charge in [0.15, 0.2) is 6.61 Å². The maximum absolute atomic E-state index is 10.1. The van der Waals surface area contributed by atoms with Crippen molar-refractivity contribution < 1.29 is 19.4 Å². The number of carbonyl (C=O) groups excluding carboxylic acids is 1. The molecule has 0 bridgehead atoms. The minimum Gasteiger partial charge on any atom is -0.482 e. The van der Waals surface area contributed by atoms with E-state index in [-0.39, 0.29) is 0 Å². The highest BCUT2D eigenvalue weighted by atomic mass is 16.5. The van der Waals surface area contributed by atoms with E-state index in [9.17, 15) is 9.59 Å². The van der Waals surface area contributed by atoms with Crippen LogP contribution >= 0.6 is 0 Å². The SMILES string of the molecule is O=C=Nc1ccc(OCC(=O)O)cc1. The minimum atomic E-state index is -1.04. The predicted molar refractivity (Wildman–Crippen MR) is 47.4 cm³/mol.